The standard InChI is InChI=1S/C18H30N2O/c1-6-12-18(5,19)16(21)20-14(2)13-17(3,4)15-10-8-7-9-11-15/h7-11,14H,6,12-13,19H2,1-5H3,(H,20,21). The third kappa shape index (κ3) is 5.16. The van der Waals surface area contributed by atoms with Crippen LogP contribution in [0.15, 0.2) is 30.3 Å². The zero-order valence-electron chi connectivity index (χ0n) is 14.1. The zero-order valence-corrected chi connectivity index (χ0v) is 14.1. The summed E-state index contributed by atoms with van der Waals surface area (Å²) in [4.78, 5) is 12.3. The fraction of sp³-hybridized carbons (Fsp3) is 0.611. The van der Waals surface area contributed by atoms with Crippen molar-refractivity contribution in [1.29, 1.82) is 0 Å². The molecule has 0 radical (unpaired) electrons. The number of carbonyl (C=O) groups excluding carboxylic acids is 1. The van der Waals surface area contributed by atoms with Crippen molar-refractivity contribution in [2.45, 2.75) is 70.9 Å². The molecule has 2 unspecified atom stereocenters. The Morgan fingerprint density at radius 3 is 2.33 bits per heavy atom. The number of amides is 1. The molecule has 1 amide bonds. The van der Waals surface area contributed by atoms with Crippen molar-refractivity contribution in [2.24, 2.45) is 5.73 Å². The van der Waals surface area contributed by atoms with Gasteiger partial charge in [0.15, 0.2) is 0 Å². The van der Waals surface area contributed by atoms with Crippen molar-refractivity contribution in [3.05, 3.63) is 35.9 Å². The van der Waals surface area contributed by atoms with Gasteiger partial charge in [0.1, 0.15) is 0 Å². The van der Waals surface area contributed by atoms with Gasteiger partial charge in [0, 0.05) is 6.04 Å². The van der Waals surface area contributed by atoms with Crippen molar-refractivity contribution in [1.82, 2.24) is 5.32 Å². The van der Waals surface area contributed by atoms with Crippen LogP contribution in [0, 0.1) is 0 Å². The van der Waals surface area contributed by atoms with Crippen LogP contribution in [0.25, 0.3) is 0 Å². The molecular weight excluding hydrogens is 260 g/mol. The molecule has 0 spiro atoms. The predicted molar refractivity (Wildman–Crippen MR) is 89.2 cm³/mol. The summed E-state index contributed by atoms with van der Waals surface area (Å²) < 4.78 is 0. The first-order valence-electron chi connectivity index (χ1n) is 7.84. The van der Waals surface area contributed by atoms with Gasteiger partial charge in [0.25, 0.3) is 0 Å². The molecule has 0 saturated carbocycles. The first-order valence-corrected chi connectivity index (χ1v) is 7.84. The van der Waals surface area contributed by atoms with Gasteiger partial charge in [-0.3, -0.25) is 4.79 Å². The number of nitrogens with one attached hydrogen (secondary N) is 1. The zero-order chi connectivity index (χ0) is 16.1. The van der Waals surface area contributed by atoms with Gasteiger partial charge in [-0.1, -0.05) is 57.5 Å². The van der Waals surface area contributed by atoms with Gasteiger partial charge in [-0.2, -0.15) is 0 Å². The number of hydrogen-bond donors (Lipinski definition) is 2. The quantitative estimate of drug-likeness (QED) is 0.809. The van der Waals surface area contributed by atoms with Crippen LogP contribution < -0.4 is 11.1 Å². The maximum atomic E-state index is 12.3. The van der Waals surface area contributed by atoms with Crippen LogP contribution in [0.2, 0.25) is 0 Å². The van der Waals surface area contributed by atoms with Gasteiger partial charge >= 0.3 is 0 Å². The molecule has 3 N–H and O–H groups in total. The first kappa shape index (κ1) is 17.7. The second kappa shape index (κ2) is 7.08. The fourth-order valence-electron chi connectivity index (χ4n) is 2.85. The van der Waals surface area contributed by atoms with Crippen LogP contribution in [-0.2, 0) is 10.2 Å². The van der Waals surface area contributed by atoms with Crippen LogP contribution >= 0.6 is 0 Å². The van der Waals surface area contributed by atoms with Crippen molar-refractivity contribution in [3.63, 3.8) is 0 Å². The van der Waals surface area contributed by atoms with E-state index in [1.54, 1.807) is 6.92 Å². The van der Waals surface area contributed by atoms with E-state index in [0.717, 1.165) is 12.8 Å². The Hall–Kier alpha value is -1.35. The Balaban J connectivity index is 2.65. The molecule has 0 aliphatic rings. The first-order chi connectivity index (χ1) is 9.69. The molecular formula is C18H30N2O. The van der Waals surface area contributed by atoms with Crippen molar-refractivity contribution < 1.29 is 4.79 Å². The minimum Gasteiger partial charge on any atom is -0.352 e. The average molecular weight is 290 g/mol. The summed E-state index contributed by atoms with van der Waals surface area (Å²) in [6.45, 7) is 10.3. The highest BCUT2D eigenvalue weighted by atomic mass is 16.2. The van der Waals surface area contributed by atoms with E-state index in [4.69, 9.17) is 5.73 Å². The van der Waals surface area contributed by atoms with Gasteiger partial charge in [-0.15, -0.1) is 0 Å². The van der Waals surface area contributed by atoms with Gasteiger partial charge in [-0.25, -0.2) is 0 Å². The molecule has 0 saturated heterocycles. The third-order valence-electron chi connectivity index (χ3n) is 4.04. The molecule has 0 bridgehead atoms. The number of benzene rings is 1. The van der Waals surface area contributed by atoms with Crippen molar-refractivity contribution >= 4 is 5.91 Å². The van der Waals surface area contributed by atoms with Crippen molar-refractivity contribution in [2.75, 3.05) is 0 Å². The van der Waals surface area contributed by atoms with Gasteiger partial charge < -0.3 is 11.1 Å². The Labute approximate surface area is 129 Å². The molecule has 1 rings (SSSR count). The number of hydrogen-bond acceptors (Lipinski definition) is 2. The van der Waals surface area contributed by atoms with Crippen LogP contribution in [0.4, 0.5) is 0 Å². The molecule has 1 aromatic carbocycles. The summed E-state index contributed by atoms with van der Waals surface area (Å²) in [6, 6.07) is 10.5. The summed E-state index contributed by atoms with van der Waals surface area (Å²) in [7, 11) is 0. The Morgan fingerprint density at radius 2 is 1.81 bits per heavy atom. The second-order valence-corrected chi connectivity index (χ2v) is 7.00. The highest BCUT2D eigenvalue weighted by Crippen LogP contribution is 2.28. The molecule has 21 heavy (non-hydrogen) atoms. The molecule has 0 heterocycles. The summed E-state index contributed by atoms with van der Waals surface area (Å²) in [5.74, 6) is -0.0549. The molecule has 118 valence electrons. The van der Waals surface area contributed by atoms with Gasteiger partial charge in [0.05, 0.1) is 5.54 Å². The largest absolute Gasteiger partial charge is 0.352 e. The molecule has 3 nitrogen and oxygen atoms in total. The van der Waals surface area contributed by atoms with Crippen LogP contribution in [0.5, 0.6) is 0 Å². The Kier molecular flexibility index (Phi) is 5.97. The van der Waals surface area contributed by atoms with E-state index in [9.17, 15) is 4.79 Å². The van der Waals surface area contributed by atoms with E-state index in [2.05, 4.69) is 43.4 Å². The van der Waals surface area contributed by atoms with E-state index in [1.165, 1.54) is 5.56 Å². The number of carbonyl (C=O) groups is 1. The minimum atomic E-state index is -0.778. The SMILES string of the molecule is CCCC(C)(N)C(=O)NC(C)CC(C)(C)c1ccccc1. The highest BCUT2D eigenvalue weighted by molar-refractivity contribution is 5.85. The fourth-order valence-corrected chi connectivity index (χ4v) is 2.85. The topological polar surface area (TPSA) is 55.1 Å². The summed E-state index contributed by atoms with van der Waals surface area (Å²) in [5.41, 5.74) is 6.61. The molecule has 0 fully saturated rings. The highest BCUT2D eigenvalue weighted by Gasteiger charge is 2.30. The van der Waals surface area contributed by atoms with Gasteiger partial charge in [0.2, 0.25) is 5.91 Å². The predicted octanol–water partition coefficient (Wildman–Crippen LogP) is 3.38. The lowest BCUT2D eigenvalue weighted by atomic mass is 9.79. The van der Waals surface area contributed by atoms with Crippen LogP contribution in [-0.4, -0.2) is 17.5 Å². The summed E-state index contributed by atoms with van der Waals surface area (Å²) in [6.07, 6.45) is 2.49. The molecule has 0 aromatic heterocycles. The van der Waals surface area contributed by atoms with Crippen LogP contribution in [0.1, 0.15) is 59.4 Å². The average Bonchev–Trinajstić information content (AvgIpc) is 2.38. The summed E-state index contributed by atoms with van der Waals surface area (Å²) >= 11 is 0. The second-order valence-electron chi connectivity index (χ2n) is 7.00. The Bertz CT molecular complexity index is 452. The van der Waals surface area contributed by atoms with E-state index in [1.807, 2.05) is 19.9 Å². The number of rotatable bonds is 7. The van der Waals surface area contributed by atoms with Gasteiger partial charge in [-0.05, 0) is 37.7 Å². The Morgan fingerprint density at radius 1 is 1.24 bits per heavy atom. The lowest BCUT2D eigenvalue weighted by molar-refractivity contribution is -0.126. The number of nitrogens with two attached hydrogens (primary N) is 1. The maximum absolute atomic E-state index is 12.3. The van der Waals surface area contributed by atoms with Crippen LogP contribution in [0.3, 0.4) is 0 Å². The normalized spacial score (nSPS) is 16.1. The summed E-state index contributed by atoms with van der Waals surface area (Å²) in [5, 5.41) is 3.07. The van der Waals surface area contributed by atoms with E-state index >= 15 is 0 Å². The smallest absolute Gasteiger partial charge is 0.240 e. The minimum absolute atomic E-state index is 0.0176. The molecule has 0 aliphatic heterocycles. The molecule has 2 atom stereocenters. The van der Waals surface area contributed by atoms with E-state index in [-0.39, 0.29) is 17.4 Å². The molecule has 3 heteroatoms. The molecule has 1 aromatic rings. The third-order valence-corrected chi connectivity index (χ3v) is 4.04. The van der Waals surface area contributed by atoms with Crippen molar-refractivity contribution in [3.8, 4) is 0 Å². The molecule has 0 aliphatic carbocycles. The monoisotopic (exact) mass is 290 g/mol. The lowest BCUT2D eigenvalue weighted by Gasteiger charge is -2.31. The maximum Gasteiger partial charge on any atom is 0.240 e. The van der Waals surface area contributed by atoms with E-state index < -0.39 is 5.54 Å². The lowest BCUT2D eigenvalue weighted by Crippen LogP contribution is -2.54. The van der Waals surface area contributed by atoms with E-state index in [0.29, 0.717) is 6.42 Å².